The maximum atomic E-state index is 10.7. The van der Waals surface area contributed by atoms with Gasteiger partial charge in [-0.25, -0.2) is 4.79 Å². The summed E-state index contributed by atoms with van der Waals surface area (Å²) in [5.74, 6) is -0.953. The first-order valence-electron chi connectivity index (χ1n) is 7.17. The average molecular weight is 309 g/mol. The van der Waals surface area contributed by atoms with E-state index in [4.69, 9.17) is 16.7 Å². The Morgan fingerprint density at radius 1 is 1.48 bits per heavy atom. The van der Waals surface area contributed by atoms with Gasteiger partial charge in [0.15, 0.2) is 0 Å². The molecule has 1 N–H and O–H groups in total. The first kappa shape index (κ1) is 15.9. The topological polar surface area (TPSA) is 43.8 Å². The summed E-state index contributed by atoms with van der Waals surface area (Å²) in [5.41, 5.74) is 1.90. The molecule has 2 rings (SSSR count). The minimum absolute atomic E-state index is 0.519. The Balaban J connectivity index is 2.28. The largest absolute Gasteiger partial charge is 0.478 e. The number of anilines is 1. The van der Waals surface area contributed by atoms with Crippen LogP contribution in [0.1, 0.15) is 18.9 Å². The van der Waals surface area contributed by atoms with Gasteiger partial charge in [-0.2, -0.15) is 0 Å². The van der Waals surface area contributed by atoms with E-state index in [1.54, 1.807) is 6.08 Å². The molecule has 0 spiro atoms. The first-order valence-corrected chi connectivity index (χ1v) is 7.54. The quantitative estimate of drug-likeness (QED) is 0.869. The van der Waals surface area contributed by atoms with E-state index in [-0.39, 0.29) is 0 Å². The van der Waals surface area contributed by atoms with Crippen LogP contribution in [0.4, 0.5) is 5.69 Å². The summed E-state index contributed by atoms with van der Waals surface area (Å²) < 4.78 is 0. The molecule has 1 aromatic rings. The Morgan fingerprint density at radius 2 is 2.24 bits per heavy atom. The van der Waals surface area contributed by atoms with Crippen LogP contribution in [0.25, 0.3) is 6.08 Å². The number of carboxylic acids is 1. The monoisotopic (exact) mass is 308 g/mol. The van der Waals surface area contributed by atoms with Crippen LogP contribution in [0.5, 0.6) is 0 Å². The molecule has 5 heteroatoms. The van der Waals surface area contributed by atoms with E-state index < -0.39 is 5.97 Å². The minimum Gasteiger partial charge on any atom is -0.478 e. The van der Waals surface area contributed by atoms with Crippen molar-refractivity contribution in [2.24, 2.45) is 0 Å². The number of piperazine rings is 1. The zero-order chi connectivity index (χ0) is 15.4. The van der Waals surface area contributed by atoms with Crippen LogP contribution in [-0.2, 0) is 4.79 Å². The second-order valence-electron chi connectivity index (χ2n) is 5.36. The standard InChI is InChI=1S/C16H21ClN2O2/c1-3-14-11-19(9-8-18(14)2)15-6-5-13(17)10-12(15)4-7-16(20)21/h4-7,10,14H,3,8-9,11H2,1-2H3,(H,20,21)/b7-4+. The summed E-state index contributed by atoms with van der Waals surface area (Å²) in [6.45, 7) is 5.08. The van der Waals surface area contributed by atoms with Gasteiger partial charge in [-0.1, -0.05) is 18.5 Å². The number of halogens is 1. The molecule has 0 aliphatic carbocycles. The van der Waals surface area contributed by atoms with Crippen LogP contribution in [0, 0.1) is 0 Å². The van der Waals surface area contributed by atoms with Crippen LogP contribution >= 0.6 is 11.6 Å². The molecule has 0 bridgehead atoms. The smallest absolute Gasteiger partial charge is 0.328 e. The van der Waals surface area contributed by atoms with Crippen molar-refractivity contribution in [3.8, 4) is 0 Å². The second-order valence-corrected chi connectivity index (χ2v) is 5.80. The van der Waals surface area contributed by atoms with Gasteiger partial charge >= 0.3 is 5.97 Å². The molecule has 1 aliphatic rings. The highest BCUT2D eigenvalue weighted by Crippen LogP contribution is 2.28. The van der Waals surface area contributed by atoms with Gasteiger partial charge in [-0.3, -0.25) is 4.90 Å². The number of hydrogen-bond acceptors (Lipinski definition) is 3. The van der Waals surface area contributed by atoms with Crippen molar-refractivity contribution < 1.29 is 9.90 Å². The Hall–Kier alpha value is -1.52. The molecule has 1 saturated heterocycles. The number of rotatable bonds is 4. The van der Waals surface area contributed by atoms with Crippen LogP contribution in [0.15, 0.2) is 24.3 Å². The molecular weight excluding hydrogens is 288 g/mol. The number of likely N-dealkylation sites (N-methyl/N-ethyl adjacent to an activating group) is 1. The summed E-state index contributed by atoms with van der Waals surface area (Å²) in [5, 5.41) is 9.44. The first-order chi connectivity index (χ1) is 10.0. The van der Waals surface area contributed by atoms with Crippen LogP contribution in [0.2, 0.25) is 5.02 Å². The van der Waals surface area contributed by atoms with E-state index in [1.807, 2.05) is 18.2 Å². The molecular formula is C16H21ClN2O2. The number of aliphatic carboxylic acids is 1. The normalized spacial score (nSPS) is 20.1. The van der Waals surface area contributed by atoms with E-state index in [2.05, 4.69) is 23.8 Å². The fraction of sp³-hybridized carbons (Fsp3) is 0.438. The summed E-state index contributed by atoms with van der Waals surface area (Å²) >= 11 is 6.04. The SMILES string of the molecule is CCC1CN(c2ccc(Cl)cc2/C=C/C(=O)O)CCN1C. The zero-order valence-electron chi connectivity index (χ0n) is 12.4. The molecule has 4 nitrogen and oxygen atoms in total. The molecule has 0 amide bonds. The van der Waals surface area contributed by atoms with Gasteiger partial charge in [0.25, 0.3) is 0 Å². The number of carboxylic acid groups (broad SMARTS) is 1. The Bertz CT molecular complexity index is 545. The minimum atomic E-state index is -0.953. The summed E-state index contributed by atoms with van der Waals surface area (Å²) in [4.78, 5) is 15.4. The van der Waals surface area contributed by atoms with E-state index in [1.165, 1.54) is 0 Å². The molecule has 1 unspecified atom stereocenters. The van der Waals surface area contributed by atoms with Gasteiger partial charge in [-0.15, -0.1) is 0 Å². The molecule has 1 heterocycles. The fourth-order valence-electron chi connectivity index (χ4n) is 2.71. The lowest BCUT2D eigenvalue weighted by Gasteiger charge is -2.41. The highest BCUT2D eigenvalue weighted by molar-refractivity contribution is 6.30. The van der Waals surface area contributed by atoms with Gasteiger partial charge in [0, 0.05) is 42.5 Å². The maximum Gasteiger partial charge on any atom is 0.328 e. The van der Waals surface area contributed by atoms with Crippen molar-refractivity contribution in [3.05, 3.63) is 34.9 Å². The number of benzene rings is 1. The van der Waals surface area contributed by atoms with Gasteiger partial charge < -0.3 is 10.0 Å². The van der Waals surface area contributed by atoms with E-state index in [0.29, 0.717) is 11.1 Å². The molecule has 114 valence electrons. The van der Waals surface area contributed by atoms with E-state index in [9.17, 15) is 4.79 Å². The highest BCUT2D eigenvalue weighted by Gasteiger charge is 2.24. The van der Waals surface area contributed by atoms with Crippen molar-refractivity contribution in [2.45, 2.75) is 19.4 Å². The van der Waals surface area contributed by atoms with Gasteiger partial charge in [0.2, 0.25) is 0 Å². The molecule has 1 fully saturated rings. The molecule has 1 aliphatic heterocycles. The Kier molecular flexibility index (Phi) is 5.26. The lowest BCUT2D eigenvalue weighted by atomic mass is 10.1. The lowest BCUT2D eigenvalue weighted by molar-refractivity contribution is -0.131. The number of carbonyl (C=O) groups is 1. The van der Waals surface area contributed by atoms with E-state index in [0.717, 1.165) is 43.4 Å². The molecule has 0 saturated carbocycles. The van der Waals surface area contributed by atoms with Crippen molar-refractivity contribution in [2.75, 3.05) is 31.6 Å². The van der Waals surface area contributed by atoms with Crippen molar-refractivity contribution in [1.82, 2.24) is 4.90 Å². The number of nitrogens with zero attached hydrogens (tertiary/aromatic N) is 2. The van der Waals surface area contributed by atoms with Gasteiger partial charge in [0.1, 0.15) is 0 Å². The summed E-state index contributed by atoms with van der Waals surface area (Å²) in [6.07, 6.45) is 3.87. The molecule has 1 atom stereocenters. The Labute approximate surface area is 130 Å². The summed E-state index contributed by atoms with van der Waals surface area (Å²) in [7, 11) is 2.15. The highest BCUT2D eigenvalue weighted by atomic mass is 35.5. The molecule has 0 radical (unpaired) electrons. The Morgan fingerprint density at radius 3 is 2.90 bits per heavy atom. The van der Waals surface area contributed by atoms with Crippen molar-refractivity contribution >= 4 is 29.3 Å². The second kappa shape index (κ2) is 6.96. The predicted molar refractivity (Wildman–Crippen MR) is 87.0 cm³/mol. The predicted octanol–water partition coefficient (Wildman–Crippen LogP) is 2.97. The molecule has 0 aromatic heterocycles. The van der Waals surface area contributed by atoms with Crippen LogP contribution < -0.4 is 4.90 Å². The lowest BCUT2D eigenvalue weighted by Crippen LogP contribution is -2.51. The van der Waals surface area contributed by atoms with Gasteiger partial charge in [0.05, 0.1) is 0 Å². The average Bonchev–Trinajstić information content (AvgIpc) is 2.46. The van der Waals surface area contributed by atoms with Gasteiger partial charge in [-0.05, 0) is 43.3 Å². The molecule has 1 aromatic carbocycles. The maximum absolute atomic E-state index is 10.7. The third kappa shape index (κ3) is 3.99. The third-order valence-electron chi connectivity index (χ3n) is 3.98. The zero-order valence-corrected chi connectivity index (χ0v) is 13.2. The number of hydrogen-bond donors (Lipinski definition) is 1. The third-order valence-corrected chi connectivity index (χ3v) is 4.22. The van der Waals surface area contributed by atoms with Crippen molar-refractivity contribution in [1.29, 1.82) is 0 Å². The van der Waals surface area contributed by atoms with Crippen molar-refractivity contribution in [3.63, 3.8) is 0 Å². The van der Waals surface area contributed by atoms with Crippen LogP contribution in [-0.4, -0.2) is 48.7 Å². The fourth-order valence-corrected chi connectivity index (χ4v) is 2.89. The molecule has 21 heavy (non-hydrogen) atoms. The summed E-state index contributed by atoms with van der Waals surface area (Å²) in [6, 6.07) is 6.16. The van der Waals surface area contributed by atoms with Crippen LogP contribution in [0.3, 0.4) is 0 Å². The van der Waals surface area contributed by atoms with E-state index >= 15 is 0 Å².